The van der Waals surface area contributed by atoms with E-state index in [1.54, 1.807) is 39.0 Å². The van der Waals surface area contributed by atoms with Crippen molar-refractivity contribution >= 4 is 17.9 Å². The molecule has 0 saturated heterocycles. The number of para-hydroxylation sites is 1. The average molecular weight is 464 g/mol. The van der Waals surface area contributed by atoms with Crippen molar-refractivity contribution in [2.75, 3.05) is 6.61 Å². The number of aliphatic hydroxyl groups is 1. The maximum Gasteiger partial charge on any atom is 0.408 e. The minimum atomic E-state index is -1.30. The lowest BCUT2D eigenvalue weighted by molar-refractivity contribution is -0.144. The monoisotopic (exact) mass is 463 g/mol. The van der Waals surface area contributed by atoms with Crippen LogP contribution in [0.1, 0.15) is 71.9 Å². The van der Waals surface area contributed by atoms with E-state index in [0.717, 1.165) is 12.8 Å². The van der Waals surface area contributed by atoms with E-state index in [9.17, 15) is 24.6 Å². The number of benzene rings is 1. The Bertz CT molecular complexity index is 834. The zero-order chi connectivity index (χ0) is 24.8. The van der Waals surface area contributed by atoms with Crippen LogP contribution in [0.3, 0.4) is 0 Å². The van der Waals surface area contributed by atoms with Crippen molar-refractivity contribution in [1.29, 1.82) is 0 Å². The maximum absolute atomic E-state index is 13.5. The number of hydrogen-bond acceptors (Lipinski definition) is 6. The molecule has 2 rings (SSSR count). The van der Waals surface area contributed by atoms with Gasteiger partial charge in [-0.15, -0.1) is 0 Å². The van der Waals surface area contributed by atoms with Gasteiger partial charge in [0, 0.05) is 17.6 Å². The Morgan fingerprint density at radius 2 is 1.82 bits per heavy atom. The molecule has 0 radical (unpaired) electrons. The summed E-state index contributed by atoms with van der Waals surface area (Å²) in [7, 11) is 0. The highest BCUT2D eigenvalue weighted by molar-refractivity contribution is 5.93. The second-order valence-corrected chi connectivity index (χ2v) is 9.52. The minimum Gasteiger partial charge on any atom is -0.508 e. The molecule has 1 saturated carbocycles. The lowest BCUT2D eigenvalue weighted by Gasteiger charge is -2.35. The van der Waals surface area contributed by atoms with Crippen molar-refractivity contribution in [2.45, 2.75) is 90.1 Å². The van der Waals surface area contributed by atoms with Crippen LogP contribution in [-0.4, -0.2) is 63.4 Å². The fraction of sp³-hybridized carbons (Fsp3) is 0.625. The number of amides is 3. The third-order valence-electron chi connectivity index (χ3n) is 5.23. The molecule has 1 aromatic carbocycles. The predicted molar refractivity (Wildman–Crippen MR) is 123 cm³/mol. The molecule has 9 heteroatoms. The molecule has 1 fully saturated rings. The molecule has 33 heavy (non-hydrogen) atoms. The van der Waals surface area contributed by atoms with Crippen molar-refractivity contribution < 1.29 is 29.3 Å². The molecule has 184 valence electrons. The van der Waals surface area contributed by atoms with Gasteiger partial charge >= 0.3 is 6.09 Å². The Hall–Kier alpha value is -2.81. The summed E-state index contributed by atoms with van der Waals surface area (Å²) in [4.78, 5) is 40.6. The van der Waals surface area contributed by atoms with Crippen LogP contribution in [0.2, 0.25) is 0 Å². The Balaban J connectivity index is 2.38. The van der Waals surface area contributed by atoms with Gasteiger partial charge in [-0.3, -0.25) is 9.59 Å². The molecule has 9 nitrogen and oxygen atoms in total. The van der Waals surface area contributed by atoms with Gasteiger partial charge in [-0.2, -0.15) is 0 Å². The van der Waals surface area contributed by atoms with E-state index in [1.165, 1.54) is 11.0 Å². The van der Waals surface area contributed by atoms with E-state index in [2.05, 4.69) is 10.6 Å². The maximum atomic E-state index is 13.5. The normalized spacial score (nSPS) is 16.3. The van der Waals surface area contributed by atoms with Gasteiger partial charge in [0.15, 0.2) is 0 Å². The van der Waals surface area contributed by atoms with Gasteiger partial charge in [0.25, 0.3) is 0 Å². The molecular formula is C24H37N3O6. The van der Waals surface area contributed by atoms with Crippen LogP contribution in [0.25, 0.3) is 0 Å². The Morgan fingerprint density at radius 1 is 1.18 bits per heavy atom. The first-order valence-corrected chi connectivity index (χ1v) is 11.5. The number of phenols is 1. The topological polar surface area (TPSA) is 128 Å². The number of hydrogen-bond donors (Lipinski definition) is 4. The van der Waals surface area contributed by atoms with Gasteiger partial charge in [0.05, 0.1) is 6.61 Å². The van der Waals surface area contributed by atoms with Crippen molar-refractivity contribution in [3.05, 3.63) is 29.8 Å². The van der Waals surface area contributed by atoms with Crippen molar-refractivity contribution in [1.82, 2.24) is 15.5 Å². The molecule has 0 aromatic heterocycles. The van der Waals surface area contributed by atoms with Crippen LogP contribution in [0, 0.1) is 0 Å². The Labute approximate surface area is 195 Å². The summed E-state index contributed by atoms with van der Waals surface area (Å²) in [5.41, 5.74) is -0.496. The first kappa shape index (κ1) is 26.4. The van der Waals surface area contributed by atoms with Gasteiger partial charge in [0.1, 0.15) is 23.4 Å². The van der Waals surface area contributed by atoms with E-state index in [4.69, 9.17) is 4.74 Å². The SMILES string of the molecule is CCCC(C)NC(=O)C(c1ccccc1O)N(C(=O)C(CO)NC(=O)OC(C)(C)C)C1CC1. The highest BCUT2D eigenvalue weighted by atomic mass is 16.6. The number of carbonyl (C=O) groups is 3. The second kappa shape index (κ2) is 11.4. The van der Waals surface area contributed by atoms with Gasteiger partial charge < -0.3 is 30.5 Å². The van der Waals surface area contributed by atoms with E-state index in [-0.39, 0.29) is 23.4 Å². The molecule has 3 unspecified atom stereocenters. The number of rotatable bonds is 10. The first-order valence-electron chi connectivity index (χ1n) is 11.5. The molecule has 4 N–H and O–H groups in total. The van der Waals surface area contributed by atoms with Crippen LogP contribution in [0.15, 0.2) is 24.3 Å². The molecule has 1 aliphatic carbocycles. The summed E-state index contributed by atoms with van der Waals surface area (Å²) in [6, 6.07) is 3.60. The lowest BCUT2D eigenvalue weighted by atomic mass is 10.0. The second-order valence-electron chi connectivity index (χ2n) is 9.52. The van der Waals surface area contributed by atoms with Gasteiger partial charge in [-0.1, -0.05) is 31.5 Å². The number of ether oxygens (including phenoxy) is 1. The van der Waals surface area contributed by atoms with Crippen molar-refractivity contribution in [2.24, 2.45) is 0 Å². The summed E-state index contributed by atoms with van der Waals surface area (Å²) in [6.45, 7) is 8.30. The number of alkyl carbamates (subject to hydrolysis) is 1. The largest absolute Gasteiger partial charge is 0.508 e. The molecule has 3 amide bonds. The zero-order valence-electron chi connectivity index (χ0n) is 20.1. The number of phenolic OH excluding ortho intramolecular Hbond substituents is 1. The van der Waals surface area contributed by atoms with Gasteiger partial charge in [0.2, 0.25) is 11.8 Å². The van der Waals surface area contributed by atoms with E-state index >= 15 is 0 Å². The molecule has 0 heterocycles. The standard InChI is InChI=1S/C24H37N3O6/c1-6-9-15(2)25-21(30)20(17-10-7-8-11-19(17)29)27(16-12-13-16)22(31)18(14-28)26-23(32)33-24(3,4)5/h7-8,10-11,15-16,18,20,28-29H,6,9,12-14H2,1-5H3,(H,25,30)(H,26,32). The number of aromatic hydroxyl groups is 1. The number of nitrogens with one attached hydrogen (secondary N) is 2. The minimum absolute atomic E-state index is 0.111. The average Bonchev–Trinajstić information content (AvgIpc) is 3.54. The highest BCUT2D eigenvalue weighted by Crippen LogP contribution is 2.38. The summed E-state index contributed by atoms with van der Waals surface area (Å²) >= 11 is 0. The zero-order valence-corrected chi connectivity index (χ0v) is 20.1. The van der Waals surface area contributed by atoms with E-state index in [0.29, 0.717) is 12.8 Å². The van der Waals surface area contributed by atoms with Crippen molar-refractivity contribution in [3.63, 3.8) is 0 Å². The molecule has 1 aliphatic rings. The van der Waals surface area contributed by atoms with Crippen molar-refractivity contribution in [3.8, 4) is 5.75 Å². The summed E-state index contributed by atoms with van der Waals surface area (Å²) < 4.78 is 5.22. The Morgan fingerprint density at radius 3 is 2.33 bits per heavy atom. The quantitative estimate of drug-likeness (QED) is 0.422. The van der Waals surface area contributed by atoms with E-state index < -0.39 is 42.2 Å². The van der Waals surface area contributed by atoms with E-state index in [1.807, 2.05) is 13.8 Å². The fourth-order valence-electron chi connectivity index (χ4n) is 3.65. The molecule has 3 atom stereocenters. The van der Waals surface area contributed by atoms with Gasteiger partial charge in [-0.05, 0) is 53.0 Å². The molecule has 0 bridgehead atoms. The fourth-order valence-corrected chi connectivity index (χ4v) is 3.65. The summed E-state index contributed by atoms with van der Waals surface area (Å²) in [5, 5.41) is 25.7. The smallest absolute Gasteiger partial charge is 0.408 e. The molecule has 0 aliphatic heterocycles. The van der Waals surface area contributed by atoms with Crippen LogP contribution in [0.4, 0.5) is 4.79 Å². The third-order valence-corrected chi connectivity index (χ3v) is 5.23. The Kier molecular flexibility index (Phi) is 9.10. The highest BCUT2D eigenvalue weighted by Gasteiger charge is 2.44. The number of aliphatic hydroxyl groups excluding tert-OH is 1. The van der Waals surface area contributed by atoms with Crippen LogP contribution in [0.5, 0.6) is 5.75 Å². The molecular weight excluding hydrogens is 426 g/mol. The van der Waals surface area contributed by atoms with Crippen LogP contribution < -0.4 is 10.6 Å². The van der Waals surface area contributed by atoms with Crippen LogP contribution >= 0.6 is 0 Å². The van der Waals surface area contributed by atoms with Crippen LogP contribution in [-0.2, 0) is 14.3 Å². The molecule has 1 aromatic rings. The predicted octanol–water partition coefficient (Wildman–Crippen LogP) is 2.61. The summed E-state index contributed by atoms with van der Waals surface area (Å²) in [5.74, 6) is -1.15. The third kappa shape index (κ3) is 7.63. The number of nitrogens with zero attached hydrogens (tertiary/aromatic N) is 1. The van der Waals surface area contributed by atoms with Gasteiger partial charge in [-0.25, -0.2) is 4.79 Å². The molecule has 0 spiro atoms. The number of carbonyl (C=O) groups excluding carboxylic acids is 3. The summed E-state index contributed by atoms with van der Waals surface area (Å²) in [6.07, 6.45) is 2.15. The first-order chi connectivity index (χ1) is 15.5. The lowest BCUT2D eigenvalue weighted by Crippen LogP contribution is -2.55.